The number of aromatic amines is 2. The summed E-state index contributed by atoms with van der Waals surface area (Å²) < 4.78 is 10.1. The molecule has 1 amide bonds. The van der Waals surface area contributed by atoms with Crippen molar-refractivity contribution in [3.05, 3.63) is 53.5 Å². The minimum atomic E-state index is -0.241. The third-order valence-corrected chi connectivity index (χ3v) is 3.62. The number of carbonyl (C=O) groups is 1. The molecule has 0 aliphatic rings. The van der Waals surface area contributed by atoms with Gasteiger partial charge >= 0.3 is 0 Å². The highest BCUT2D eigenvalue weighted by atomic mass is 16.5. The van der Waals surface area contributed by atoms with Crippen molar-refractivity contribution in [1.29, 1.82) is 0 Å². The van der Waals surface area contributed by atoms with Gasteiger partial charge in [0.25, 0.3) is 5.91 Å². The topological polar surface area (TPSA) is 105 Å². The van der Waals surface area contributed by atoms with Gasteiger partial charge in [0.05, 0.1) is 37.3 Å². The second kappa shape index (κ2) is 7.63. The molecule has 3 N–H and O–H groups in total. The van der Waals surface area contributed by atoms with Crippen LogP contribution in [0.4, 0.5) is 0 Å². The van der Waals surface area contributed by atoms with Gasteiger partial charge in [-0.05, 0) is 36.4 Å². The van der Waals surface area contributed by atoms with Gasteiger partial charge in [-0.3, -0.25) is 15.0 Å². The number of H-pyrrole nitrogens is 2. The smallest absolute Gasteiger partial charge is 0.269 e. The van der Waals surface area contributed by atoms with Crippen LogP contribution in [0.15, 0.2) is 36.4 Å². The first-order chi connectivity index (χ1) is 12.2. The lowest BCUT2D eigenvalue weighted by Gasteiger charge is -2.01. The molecule has 0 unspecified atom stereocenters. The van der Waals surface area contributed by atoms with Gasteiger partial charge in [-0.2, -0.15) is 10.2 Å². The van der Waals surface area contributed by atoms with Crippen LogP contribution in [0.25, 0.3) is 11.3 Å². The molecule has 130 valence electrons. The summed E-state index contributed by atoms with van der Waals surface area (Å²) in [5.74, 6) is 0.528. The van der Waals surface area contributed by atoms with Crippen molar-refractivity contribution in [2.24, 2.45) is 0 Å². The molecule has 0 atom stereocenters. The lowest BCUT2D eigenvalue weighted by Crippen LogP contribution is -2.23. The predicted molar refractivity (Wildman–Crippen MR) is 91.0 cm³/mol. The van der Waals surface area contributed by atoms with Crippen LogP contribution in [0.3, 0.4) is 0 Å². The molecule has 0 fully saturated rings. The van der Waals surface area contributed by atoms with Crippen molar-refractivity contribution < 1.29 is 14.3 Å². The summed E-state index contributed by atoms with van der Waals surface area (Å²) in [6, 6.07) is 11.0. The second-order valence-corrected chi connectivity index (χ2v) is 5.40. The first-order valence-electron chi connectivity index (χ1n) is 7.69. The number of rotatable bonds is 7. The zero-order valence-corrected chi connectivity index (χ0v) is 14.0. The maximum absolute atomic E-state index is 12.2. The molecule has 0 radical (unpaired) electrons. The quantitative estimate of drug-likeness (QED) is 0.608. The molecule has 2 aromatic heterocycles. The number of amides is 1. The lowest BCUT2D eigenvalue weighted by molar-refractivity contribution is 0.0945. The SMILES string of the molecule is COCc1cc(CNC(=O)c2cc(-c3ccc(OC)cc3)n[nH]2)[nH]n1. The highest BCUT2D eigenvalue weighted by Crippen LogP contribution is 2.21. The van der Waals surface area contributed by atoms with Gasteiger partial charge in [0.15, 0.2) is 0 Å². The van der Waals surface area contributed by atoms with Crippen LogP contribution in [-0.2, 0) is 17.9 Å². The summed E-state index contributed by atoms with van der Waals surface area (Å²) in [6.45, 7) is 0.767. The van der Waals surface area contributed by atoms with E-state index in [0.29, 0.717) is 24.5 Å². The molecule has 2 heterocycles. The van der Waals surface area contributed by atoms with Crippen molar-refractivity contribution in [2.45, 2.75) is 13.2 Å². The Hall–Kier alpha value is -3.13. The number of methoxy groups -OCH3 is 2. The van der Waals surface area contributed by atoms with Gasteiger partial charge < -0.3 is 14.8 Å². The van der Waals surface area contributed by atoms with E-state index in [9.17, 15) is 4.79 Å². The second-order valence-electron chi connectivity index (χ2n) is 5.40. The van der Waals surface area contributed by atoms with Crippen LogP contribution in [0, 0.1) is 0 Å². The maximum Gasteiger partial charge on any atom is 0.269 e. The number of hydrogen-bond acceptors (Lipinski definition) is 5. The number of nitrogens with one attached hydrogen (secondary N) is 3. The van der Waals surface area contributed by atoms with E-state index in [1.165, 1.54) is 0 Å². The minimum absolute atomic E-state index is 0.241. The van der Waals surface area contributed by atoms with E-state index in [-0.39, 0.29) is 5.91 Å². The molecule has 3 rings (SSSR count). The van der Waals surface area contributed by atoms with Crippen molar-refractivity contribution in [1.82, 2.24) is 25.7 Å². The maximum atomic E-state index is 12.2. The molecule has 0 aliphatic heterocycles. The molecule has 0 aliphatic carbocycles. The van der Waals surface area contributed by atoms with Crippen molar-refractivity contribution in [3.8, 4) is 17.0 Å². The third-order valence-electron chi connectivity index (χ3n) is 3.62. The number of carbonyl (C=O) groups excluding carboxylic acids is 1. The Balaban J connectivity index is 1.61. The molecule has 0 spiro atoms. The molecule has 0 saturated carbocycles. The summed E-state index contributed by atoms with van der Waals surface area (Å²) in [6.07, 6.45) is 0. The fourth-order valence-corrected chi connectivity index (χ4v) is 2.34. The largest absolute Gasteiger partial charge is 0.497 e. The van der Waals surface area contributed by atoms with Crippen LogP contribution in [0.2, 0.25) is 0 Å². The Labute approximate surface area is 144 Å². The first-order valence-corrected chi connectivity index (χ1v) is 7.69. The van der Waals surface area contributed by atoms with Crippen LogP contribution in [0.1, 0.15) is 21.9 Å². The predicted octanol–water partition coefficient (Wildman–Crippen LogP) is 1.88. The molecule has 8 nitrogen and oxygen atoms in total. The molecule has 3 aromatic rings. The molecular formula is C17H19N5O3. The molecule has 25 heavy (non-hydrogen) atoms. The van der Waals surface area contributed by atoms with Crippen molar-refractivity contribution in [3.63, 3.8) is 0 Å². The van der Waals surface area contributed by atoms with E-state index in [0.717, 1.165) is 22.7 Å². The number of hydrogen-bond donors (Lipinski definition) is 3. The fraction of sp³-hybridized carbons (Fsp3) is 0.235. The summed E-state index contributed by atoms with van der Waals surface area (Å²) in [5, 5.41) is 16.7. The Morgan fingerprint density at radius 3 is 2.64 bits per heavy atom. The van der Waals surface area contributed by atoms with Gasteiger partial charge in [-0.15, -0.1) is 0 Å². The number of benzene rings is 1. The third kappa shape index (κ3) is 4.04. The molecule has 0 saturated heterocycles. The summed E-state index contributed by atoms with van der Waals surface area (Å²) in [4.78, 5) is 12.2. The van der Waals surface area contributed by atoms with E-state index >= 15 is 0 Å². The Morgan fingerprint density at radius 2 is 1.92 bits per heavy atom. The monoisotopic (exact) mass is 341 g/mol. The highest BCUT2D eigenvalue weighted by molar-refractivity contribution is 5.93. The molecule has 8 heteroatoms. The van der Waals surface area contributed by atoms with E-state index in [2.05, 4.69) is 25.7 Å². The normalized spacial score (nSPS) is 10.6. The van der Waals surface area contributed by atoms with Gasteiger partial charge in [0.2, 0.25) is 0 Å². The highest BCUT2D eigenvalue weighted by Gasteiger charge is 2.11. The Bertz CT molecular complexity index is 838. The zero-order chi connectivity index (χ0) is 17.6. The van der Waals surface area contributed by atoms with E-state index < -0.39 is 0 Å². The summed E-state index contributed by atoms with van der Waals surface area (Å²) in [5.41, 5.74) is 3.57. The average molecular weight is 341 g/mol. The average Bonchev–Trinajstić information content (AvgIpc) is 3.30. The van der Waals surface area contributed by atoms with Gasteiger partial charge in [0, 0.05) is 12.7 Å². The first kappa shape index (κ1) is 16.7. The zero-order valence-electron chi connectivity index (χ0n) is 14.0. The van der Waals surface area contributed by atoms with Gasteiger partial charge in [-0.1, -0.05) is 0 Å². The van der Waals surface area contributed by atoms with Gasteiger partial charge in [-0.25, -0.2) is 0 Å². The summed E-state index contributed by atoms with van der Waals surface area (Å²) >= 11 is 0. The van der Waals surface area contributed by atoms with Crippen molar-refractivity contribution in [2.75, 3.05) is 14.2 Å². The van der Waals surface area contributed by atoms with E-state index in [1.807, 2.05) is 30.3 Å². The fourth-order valence-electron chi connectivity index (χ4n) is 2.34. The van der Waals surface area contributed by atoms with Crippen LogP contribution in [0.5, 0.6) is 5.75 Å². The number of aromatic nitrogens is 4. The number of ether oxygens (including phenoxy) is 2. The van der Waals surface area contributed by atoms with E-state index in [1.54, 1.807) is 20.3 Å². The van der Waals surface area contributed by atoms with Crippen LogP contribution < -0.4 is 10.1 Å². The molecule has 0 bridgehead atoms. The Kier molecular flexibility index (Phi) is 5.10. The number of nitrogens with zero attached hydrogens (tertiary/aromatic N) is 2. The molecular weight excluding hydrogens is 322 g/mol. The van der Waals surface area contributed by atoms with Crippen LogP contribution in [-0.4, -0.2) is 40.5 Å². The summed E-state index contributed by atoms with van der Waals surface area (Å²) in [7, 11) is 3.22. The van der Waals surface area contributed by atoms with Crippen molar-refractivity contribution >= 4 is 5.91 Å². The van der Waals surface area contributed by atoms with E-state index in [4.69, 9.17) is 9.47 Å². The lowest BCUT2D eigenvalue weighted by atomic mass is 10.1. The molecule has 1 aromatic carbocycles. The Morgan fingerprint density at radius 1 is 1.12 bits per heavy atom. The minimum Gasteiger partial charge on any atom is -0.497 e. The standard InChI is InChI=1S/C17H19N5O3/c1-24-10-13-7-12(19-20-13)9-18-17(23)16-8-15(21-22-16)11-3-5-14(25-2)6-4-11/h3-8H,9-10H2,1-2H3,(H,18,23)(H,19,20)(H,21,22). The van der Waals surface area contributed by atoms with Gasteiger partial charge in [0.1, 0.15) is 11.4 Å². The van der Waals surface area contributed by atoms with Crippen LogP contribution >= 0.6 is 0 Å².